The molecule has 7 nitrogen and oxygen atoms in total. The monoisotopic (exact) mass is 534 g/mol. The molecule has 4 aromatic rings. The van der Waals surface area contributed by atoms with E-state index in [4.69, 9.17) is 0 Å². The molecule has 1 amide bonds. The summed E-state index contributed by atoms with van der Waals surface area (Å²) in [4.78, 5) is 19.2. The summed E-state index contributed by atoms with van der Waals surface area (Å²) in [7, 11) is 0. The maximum absolute atomic E-state index is 14.5. The van der Waals surface area contributed by atoms with Gasteiger partial charge in [-0.2, -0.15) is 5.10 Å². The summed E-state index contributed by atoms with van der Waals surface area (Å²) in [5.74, 6) is -0.437. The summed E-state index contributed by atoms with van der Waals surface area (Å²) in [6.07, 6.45) is 4.32. The van der Waals surface area contributed by atoms with Gasteiger partial charge in [-0.3, -0.25) is 4.79 Å². The molecule has 2 aliphatic heterocycles. The minimum absolute atomic E-state index is 0.00111. The Labute approximate surface area is 224 Å². The van der Waals surface area contributed by atoms with Crippen molar-refractivity contribution in [3.8, 4) is 0 Å². The van der Waals surface area contributed by atoms with Crippen LogP contribution in [0.5, 0.6) is 0 Å². The molecule has 10 heteroatoms. The number of benzene rings is 2. The van der Waals surface area contributed by atoms with Crippen LogP contribution in [-0.4, -0.2) is 46.3 Å². The van der Waals surface area contributed by atoms with Crippen LogP contribution in [0.3, 0.4) is 0 Å². The molecule has 0 unspecified atom stereocenters. The minimum atomic E-state index is -1.22. The van der Waals surface area contributed by atoms with Crippen molar-refractivity contribution in [1.29, 1.82) is 0 Å². The smallest absolute Gasteiger partial charge is 0.228 e. The number of carbonyl (C=O) groups excluding carboxylic acids is 1. The van der Waals surface area contributed by atoms with Crippen LogP contribution in [0, 0.1) is 11.6 Å². The van der Waals surface area contributed by atoms with Crippen LogP contribution in [0.15, 0.2) is 60.9 Å². The molecule has 2 fully saturated rings. The summed E-state index contributed by atoms with van der Waals surface area (Å²) in [6, 6.07) is 12.2. The highest BCUT2D eigenvalue weighted by Crippen LogP contribution is 2.38. The van der Waals surface area contributed by atoms with E-state index in [-0.39, 0.29) is 30.9 Å². The molecular formula is C29H29F3N6O. The second-order valence-electron chi connectivity index (χ2n) is 10.3. The second-order valence-corrected chi connectivity index (χ2v) is 10.3. The van der Waals surface area contributed by atoms with Gasteiger partial charge < -0.3 is 15.5 Å². The molecule has 39 heavy (non-hydrogen) atoms. The predicted octanol–water partition coefficient (Wildman–Crippen LogP) is 4.95. The Morgan fingerprint density at radius 3 is 2.67 bits per heavy atom. The van der Waals surface area contributed by atoms with Crippen molar-refractivity contribution < 1.29 is 18.0 Å². The molecule has 2 aromatic heterocycles. The lowest BCUT2D eigenvalue weighted by atomic mass is 9.90. The zero-order chi connectivity index (χ0) is 26.9. The van der Waals surface area contributed by atoms with Gasteiger partial charge >= 0.3 is 0 Å². The van der Waals surface area contributed by atoms with Gasteiger partial charge in [-0.25, -0.2) is 22.7 Å². The lowest BCUT2D eigenvalue weighted by Crippen LogP contribution is -2.26. The van der Waals surface area contributed by atoms with Crippen LogP contribution in [0.2, 0.25) is 0 Å². The van der Waals surface area contributed by atoms with Crippen molar-refractivity contribution >= 4 is 23.1 Å². The molecule has 202 valence electrons. The molecular weight excluding hydrogens is 505 g/mol. The number of anilines is 2. The van der Waals surface area contributed by atoms with Crippen LogP contribution in [0.4, 0.5) is 24.7 Å². The quantitative estimate of drug-likeness (QED) is 0.367. The highest BCUT2D eigenvalue weighted by atomic mass is 19.1. The molecule has 2 aromatic carbocycles. The van der Waals surface area contributed by atoms with Gasteiger partial charge in [0.1, 0.15) is 23.6 Å². The Morgan fingerprint density at radius 2 is 1.87 bits per heavy atom. The van der Waals surface area contributed by atoms with Gasteiger partial charge in [0, 0.05) is 29.4 Å². The highest BCUT2D eigenvalue weighted by Gasteiger charge is 2.36. The highest BCUT2D eigenvalue weighted by molar-refractivity contribution is 5.93. The van der Waals surface area contributed by atoms with E-state index in [0.717, 1.165) is 44.1 Å². The zero-order valence-electron chi connectivity index (χ0n) is 21.3. The number of aromatic nitrogens is 3. The summed E-state index contributed by atoms with van der Waals surface area (Å²) in [6.45, 7) is 2.04. The number of piperidine rings is 1. The first-order chi connectivity index (χ1) is 18.9. The Bertz CT molecular complexity index is 1480. The first-order valence-electron chi connectivity index (χ1n) is 13.2. The number of fused-ring (bicyclic) bond motifs is 1. The molecule has 2 aliphatic rings. The molecule has 4 heterocycles. The standard InChI is InChI=1S/C29H29F3N6O/c30-21-3-6-25(32)24(14-21)26-15-22(31)17-37(26)27-9-12-38-29(36-27)20(16-34-38)13-28(39)35-23-4-1-18(2-5-23)19-7-10-33-11-8-19/h1-6,9,12,14,16,19,22,26,33H,7-8,10-11,13,15,17H2,(H,35,39)/t22-,26+/m0/s1. The average molecular weight is 535 g/mol. The number of hydrogen-bond donors (Lipinski definition) is 2. The van der Waals surface area contributed by atoms with Gasteiger partial charge in [-0.1, -0.05) is 12.1 Å². The topological polar surface area (TPSA) is 74.6 Å². The van der Waals surface area contributed by atoms with Crippen LogP contribution in [0.1, 0.15) is 47.9 Å². The van der Waals surface area contributed by atoms with Gasteiger partial charge in [-0.05, 0) is 73.8 Å². The molecule has 6 rings (SSSR count). The summed E-state index contributed by atoms with van der Waals surface area (Å²) < 4.78 is 44.5. The van der Waals surface area contributed by atoms with Crippen LogP contribution < -0.4 is 15.5 Å². The van der Waals surface area contributed by atoms with Crippen LogP contribution in [-0.2, 0) is 11.2 Å². The molecule has 0 bridgehead atoms. The number of rotatable bonds is 6. The van der Waals surface area contributed by atoms with Crippen molar-refractivity contribution in [2.75, 3.05) is 29.9 Å². The molecule has 2 N–H and O–H groups in total. The molecule has 0 aliphatic carbocycles. The number of amides is 1. The maximum Gasteiger partial charge on any atom is 0.228 e. The van der Waals surface area contributed by atoms with Gasteiger partial charge in [0.25, 0.3) is 0 Å². The maximum atomic E-state index is 14.5. The number of halogens is 3. The number of hydrogen-bond acceptors (Lipinski definition) is 5. The minimum Gasteiger partial charge on any atom is -0.346 e. The van der Waals surface area contributed by atoms with E-state index in [1.54, 1.807) is 27.9 Å². The molecule has 0 saturated carbocycles. The molecule has 2 saturated heterocycles. The van der Waals surface area contributed by atoms with E-state index in [9.17, 15) is 18.0 Å². The van der Waals surface area contributed by atoms with Gasteiger partial charge in [-0.15, -0.1) is 0 Å². The average Bonchev–Trinajstić information content (AvgIpc) is 3.53. The fraction of sp³-hybridized carbons (Fsp3) is 0.345. The summed E-state index contributed by atoms with van der Waals surface area (Å²) in [5.41, 5.74) is 3.14. The first-order valence-corrected chi connectivity index (χ1v) is 13.2. The lowest BCUT2D eigenvalue weighted by molar-refractivity contribution is -0.115. The molecule has 2 atom stereocenters. The Hall–Kier alpha value is -3.92. The SMILES string of the molecule is O=C(Cc1cnn2ccc(N3C[C@@H](F)C[C@@H]3c3cc(F)ccc3F)nc12)Nc1ccc(C2CCNCC2)cc1. The number of alkyl halides is 1. The van der Waals surface area contributed by atoms with Crippen molar-refractivity contribution in [3.63, 3.8) is 0 Å². The zero-order valence-corrected chi connectivity index (χ0v) is 21.3. The number of nitrogens with one attached hydrogen (secondary N) is 2. The van der Waals surface area contributed by atoms with Crippen molar-refractivity contribution in [2.45, 2.75) is 43.8 Å². The molecule has 0 radical (unpaired) electrons. The third-order valence-electron chi connectivity index (χ3n) is 7.64. The van der Waals surface area contributed by atoms with E-state index in [2.05, 4.69) is 32.8 Å². The van der Waals surface area contributed by atoms with Crippen LogP contribution >= 0.6 is 0 Å². The van der Waals surface area contributed by atoms with E-state index in [1.807, 2.05) is 12.1 Å². The van der Waals surface area contributed by atoms with Crippen LogP contribution in [0.25, 0.3) is 5.65 Å². The van der Waals surface area contributed by atoms with Gasteiger partial charge in [0.2, 0.25) is 5.91 Å². The largest absolute Gasteiger partial charge is 0.346 e. The van der Waals surface area contributed by atoms with Crippen molar-refractivity contribution in [2.24, 2.45) is 0 Å². The molecule has 0 spiro atoms. The fourth-order valence-electron chi connectivity index (χ4n) is 5.67. The van der Waals surface area contributed by atoms with Gasteiger partial charge in [0.05, 0.1) is 25.2 Å². The summed E-state index contributed by atoms with van der Waals surface area (Å²) >= 11 is 0. The second kappa shape index (κ2) is 10.7. The predicted molar refractivity (Wildman–Crippen MR) is 143 cm³/mol. The number of nitrogens with zero attached hydrogens (tertiary/aromatic N) is 4. The van der Waals surface area contributed by atoms with E-state index >= 15 is 0 Å². The fourth-order valence-corrected chi connectivity index (χ4v) is 5.67. The van der Waals surface area contributed by atoms with E-state index in [1.165, 1.54) is 5.56 Å². The first kappa shape index (κ1) is 25.4. The Morgan fingerprint density at radius 1 is 1.08 bits per heavy atom. The van der Waals surface area contributed by atoms with E-state index in [0.29, 0.717) is 28.6 Å². The van der Waals surface area contributed by atoms with Crippen molar-refractivity contribution in [3.05, 3.63) is 89.2 Å². The number of carbonyl (C=O) groups is 1. The normalized spacial score (nSPS) is 20.0. The third-order valence-corrected chi connectivity index (χ3v) is 7.64. The van der Waals surface area contributed by atoms with Crippen molar-refractivity contribution in [1.82, 2.24) is 19.9 Å². The third kappa shape index (κ3) is 5.34. The lowest BCUT2D eigenvalue weighted by Gasteiger charge is -2.26. The Kier molecular flexibility index (Phi) is 6.95. The summed E-state index contributed by atoms with van der Waals surface area (Å²) in [5, 5.41) is 10.6. The van der Waals surface area contributed by atoms with E-state index < -0.39 is 23.8 Å². The van der Waals surface area contributed by atoms with Gasteiger partial charge in [0.15, 0.2) is 5.65 Å². The Balaban J connectivity index is 1.19.